The Morgan fingerprint density at radius 3 is 2.16 bits per heavy atom. The second-order valence-corrected chi connectivity index (χ2v) is 4.64. The Hall–Kier alpha value is -1.80. The van der Waals surface area contributed by atoms with Gasteiger partial charge in [-0.25, -0.2) is 0 Å². The van der Waals surface area contributed by atoms with Gasteiger partial charge in [-0.1, -0.05) is 42.5 Å². The smallest absolute Gasteiger partial charge is 0.0471 e. The van der Waals surface area contributed by atoms with E-state index in [0.29, 0.717) is 0 Å². The fourth-order valence-corrected chi connectivity index (χ4v) is 2.19. The van der Waals surface area contributed by atoms with E-state index in [0.717, 1.165) is 19.5 Å². The summed E-state index contributed by atoms with van der Waals surface area (Å²) in [6.45, 7) is 4.29. The molecule has 0 aliphatic rings. The van der Waals surface area contributed by atoms with Crippen LogP contribution in [0, 0.1) is 0 Å². The van der Waals surface area contributed by atoms with Crippen LogP contribution >= 0.6 is 0 Å². The van der Waals surface area contributed by atoms with Gasteiger partial charge in [0.05, 0.1) is 0 Å². The lowest BCUT2D eigenvalue weighted by Crippen LogP contribution is -2.21. The van der Waals surface area contributed by atoms with Gasteiger partial charge in [0.1, 0.15) is 0 Å². The Bertz CT molecular complexity index is 478. The molecule has 0 heterocycles. The monoisotopic (exact) mass is 255 g/mol. The van der Waals surface area contributed by atoms with Gasteiger partial charge in [-0.3, -0.25) is 0 Å². The zero-order chi connectivity index (χ0) is 13.5. The van der Waals surface area contributed by atoms with E-state index < -0.39 is 0 Å². The highest BCUT2D eigenvalue weighted by atomic mass is 16.2. The zero-order valence-corrected chi connectivity index (χ0v) is 11.4. The van der Waals surface area contributed by atoms with E-state index in [2.05, 4.69) is 60.4 Å². The van der Waals surface area contributed by atoms with Crippen LogP contribution in [0.25, 0.3) is 0 Å². The van der Waals surface area contributed by atoms with Gasteiger partial charge in [0.2, 0.25) is 0 Å². The lowest BCUT2D eigenvalue weighted by Gasteiger charge is -2.23. The molecule has 2 heteroatoms. The minimum atomic E-state index is 0.209. The molecule has 0 radical (unpaired) electrons. The third-order valence-electron chi connectivity index (χ3n) is 3.30. The van der Waals surface area contributed by atoms with Crippen LogP contribution in [0.2, 0.25) is 0 Å². The summed E-state index contributed by atoms with van der Waals surface area (Å²) in [6, 6.07) is 19.0. The summed E-state index contributed by atoms with van der Waals surface area (Å²) < 4.78 is 0. The standard InChI is InChI=1S/C17H21NO/c1-2-18(14-16-6-4-3-5-7-16)17-10-8-15(9-11-17)12-13-19/h3-11,19H,2,12-14H2,1H3. The first-order valence-electron chi connectivity index (χ1n) is 6.82. The number of rotatable bonds is 6. The van der Waals surface area contributed by atoms with Crippen molar-refractivity contribution in [1.82, 2.24) is 0 Å². The highest BCUT2D eigenvalue weighted by Gasteiger charge is 2.05. The molecule has 19 heavy (non-hydrogen) atoms. The number of nitrogens with zero attached hydrogens (tertiary/aromatic N) is 1. The predicted octanol–water partition coefficient (Wildman–Crippen LogP) is 3.25. The molecule has 2 aromatic rings. The van der Waals surface area contributed by atoms with Crippen LogP contribution in [-0.2, 0) is 13.0 Å². The maximum absolute atomic E-state index is 8.93. The van der Waals surface area contributed by atoms with E-state index in [9.17, 15) is 0 Å². The molecule has 0 spiro atoms. The fraction of sp³-hybridized carbons (Fsp3) is 0.294. The SMILES string of the molecule is CCN(Cc1ccccc1)c1ccc(CCO)cc1. The first-order chi connectivity index (χ1) is 9.33. The van der Waals surface area contributed by atoms with Crippen LogP contribution in [0.15, 0.2) is 54.6 Å². The highest BCUT2D eigenvalue weighted by molar-refractivity contribution is 5.48. The normalized spacial score (nSPS) is 10.4. The first-order valence-corrected chi connectivity index (χ1v) is 6.82. The summed E-state index contributed by atoms with van der Waals surface area (Å²) in [5, 5.41) is 8.93. The molecule has 0 aliphatic carbocycles. The number of anilines is 1. The Morgan fingerprint density at radius 1 is 0.895 bits per heavy atom. The van der Waals surface area contributed by atoms with Crippen molar-refractivity contribution in [3.8, 4) is 0 Å². The first kappa shape index (κ1) is 13.6. The molecule has 0 atom stereocenters. The molecular formula is C17H21NO. The second kappa shape index (κ2) is 6.95. The van der Waals surface area contributed by atoms with E-state index in [1.54, 1.807) is 0 Å². The van der Waals surface area contributed by atoms with Crippen LogP contribution < -0.4 is 4.90 Å². The maximum atomic E-state index is 8.93. The predicted molar refractivity (Wildman–Crippen MR) is 80.4 cm³/mol. The van der Waals surface area contributed by atoms with Gasteiger partial charge in [0.15, 0.2) is 0 Å². The molecule has 0 bridgehead atoms. The number of aliphatic hydroxyl groups is 1. The second-order valence-electron chi connectivity index (χ2n) is 4.64. The van der Waals surface area contributed by atoms with E-state index >= 15 is 0 Å². The summed E-state index contributed by atoms with van der Waals surface area (Å²) in [5.41, 5.74) is 3.74. The average molecular weight is 255 g/mol. The third-order valence-corrected chi connectivity index (χ3v) is 3.30. The van der Waals surface area contributed by atoms with Crippen LogP contribution in [0.1, 0.15) is 18.1 Å². The molecule has 2 rings (SSSR count). The molecule has 0 fully saturated rings. The highest BCUT2D eigenvalue weighted by Crippen LogP contribution is 2.18. The number of hydrogen-bond acceptors (Lipinski definition) is 2. The van der Waals surface area contributed by atoms with Gasteiger partial charge in [0, 0.05) is 25.4 Å². The van der Waals surface area contributed by atoms with Gasteiger partial charge < -0.3 is 10.0 Å². The van der Waals surface area contributed by atoms with Crippen molar-refractivity contribution in [1.29, 1.82) is 0 Å². The van der Waals surface area contributed by atoms with Crippen molar-refractivity contribution in [2.75, 3.05) is 18.1 Å². The molecule has 2 nitrogen and oxygen atoms in total. The molecule has 0 saturated heterocycles. The van der Waals surface area contributed by atoms with E-state index in [-0.39, 0.29) is 6.61 Å². The van der Waals surface area contributed by atoms with E-state index in [1.165, 1.54) is 16.8 Å². The Labute approximate surface area is 115 Å². The largest absolute Gasteiger partial charge is 0.396 e. The van der Waals surface area contributed by atoms with Crippen LogP contribution in [0.5, 0.6) is 0 Å². The van der Waals surface area contributed by atoms with Gasteiger partial charge in [-0.05, 0) is 36.6 Å². The third kappa shape index (κ3) is 3.83. The van der Waals surface area contributed by atoms with Crippen molar-refractivity contribution in [2.45, 2.75) is 19.9 Å². The number of benzene rings is 2. The molecule has 0 unspecified atom stereocenters. The molecule has 0 saturated carbocycles. The van der Waals surface area contributed by atoms with Crippen molar-refractivity contribution >= 4 is 5.69 Å². The number of hydrogen-bond donors (Lipinski definition) is 1. The minimum absolute atomic E-state index is 0.209. The molecule has 0 aromatic heterocycles. The summed E-state index contributed by atoms with van der Waals surface area (Å²) in [4.78, 5) is 2.35. The lowest BCUT2D eigenvalue weighted by atomic mass is 10.1. The summed E-state index contributed by atoms with van der Waals surface area (Å²) in [7, 11) is 0. The molecular weight excluding hydrogens is 234 g/mol. The zero-order valence-electron chi connectivity index (χ0n) is 11.4. The molecule has 0 amide bonds. The summed E-state index contributed by atoms with van der Waals surface area (Å²) in [5.74, 6) is 0. The van der Waals surface area contributed by atoms with Gasteiger partial charge in [-0.2, -0.15) is 0 Å². The fourth-order valence-electron chi connectivity index (χ4n) is 2.19. The van der Waals surface area contributed by atoms with Gasteiger partial charge >= 0.3 is 0 Å². The van der Waals surface area contributed by atoms with Crippen molar-refractivity contribution < 1.29 is 5.11 Å². The van der Waals surface area contributed by atoms with Crippen LogP contribution in [0.3, 0.4) is 0 Å². The Morgan fingerprint density at radius 2 is 1.58 bits per heavy atom. The Balaban J connectivity index is 2.08. The summed E-state index contributed by atoms with van der Waals surface area (Å²) in [6.07, 6.45) is 0.727. The van der Waals surface area contributed by atoms with Gasteiger partial charge in [-0.15, -0.1) is 0 Å². The van der Waals surface area contributed by atoms with E-state index in [1.807, 2.05) is 6.07 Å². The lowest BCUT2D eigenvalue weighted by molar-refractivity contribution is 0.299. The van der Waals surface area contributed by atoms with Gasteiger partial charge in [0.25, 0.3) is 0 Å². The Kier molecular flexibility index (Phi) is 4.99. The maximum Gasteiger partial charge on any atom is 0.0471 e. The van der Waals surface area contributed by atoms with Crippen molar-refractivity contribution in [3.63, 3.8) is 0 Å². The summed E-state index contributed by atoms with van der Waals surface area (Å²) >= 11 is 0. The van der Waals surface area contributed by atoms with Crippen molar-refractivity contribution in [3.05, 3.63) is 65.7 Å². The topological polar surface area (TPSA) is 23.5 Å². The average Bonchev–Trinajstić information content (AvgIpc) is 2.47. The van der Waals surface area contributed by atoms with Crippen LogP contribution in [-0.4, -0.2) is 18.3 Å². The van der Waals surface area contributed by atoms with E-state index in [4.69, 9.17) is 5.11 Å². The van der Waals surface area contributed by atoms with Crippen molar-refractivity contribution in [2.24, 2.45) is 0 Å². The molecule has 2 aromatic carbocycles. The van der Waals surface area contributed by atoms with Crippen LogP contribution in [0.4, 0.5) is 5.69 Å². The minimum Gasteiger partial charge on any atom is -0.396 e. The number of aliphatic hydroxyl groups excluding tert-OH is 1. The molecule has 0 aliphatic heterocycles. The molecule has 1 N–H and O–H groups in total. The molecule has 100 valence electrons. The quantitative estimate of drug-likeness (QED) is 0.856.